The highest BCUT2D eigenvalue weighted by Gasteiger charge is 2.28. The molecule has 4 heteroatoms. The monoisotopic (exact) mass is 290 g/mol. The van der Waals surface area contributed by atoms with E-state index < -0.39 is 11.9 Å². The summed E-state index contributed by atoms with van der Waals surface area (Å²) in [5, 5.41) is 12.5. The Bertz CT molecular complexity index is 468. The van der Waals surface area contributed by atoms with Crippen LogP contribution in [0.1, 0.15) is 43.7 Å². The maximum atomic E-state index is 10.9. The van der Waals surface area contributed by atoms with Crippen molar-refractivity contribution < 1.29 is 9.90 Å². The molecule has 0 bridgehead atoms. The van der Waals surface area contributed by atoms with E-state index in [1.807, 2.05) is 24.3 Å². The summed E-state index contributed by atoms with van der Waals surface area (Å²) >= 11 is 0. The van der Waals surface area contributed by atoms with Crippen molar-refractivity contribution in [1.29, 1.82) is 0 Å². The quantitative estimate of drug-likeness (QED) is 0.772. The van der Waals surface area contributed by atoms with Crippen LogP contribution >= 0.6 is 0 Å². The van der Waals surface area contributed by atoms with Crippen LogP contribution in [0.5, 0.6) is 0 Å². The Kier molecular flexibility index (Phi) is 5.37. The molecule has 21 heavy (non-hydrogen) atoms. The van der Waals surface area contributed by atoms with E-state index in [1.54, 1.807) is 6.92 Å². The smallest absolute Gasteiger partial charge is 0.310 e. The molecule has 2 N–H and O–H groups in total. The number of nitrogens with zero attached hydrogens (tertiary/aromatic N) is 1. The predicted molar refractivity (Wildman–Crippen MR) is 84.4 cm³/mol. The van der Waals surface area contributed by atoms with Crippen molar-refractivity contribution in [3.05, 3.63) is 35.4 Å². The number of carboxylic acids is 1. The Morgan fingerprint density at radius 2 is 1.95 bits per heavy atom. The number of hydrogen-bond donors (Lipinski definition) is 2. The molecule has 1 aromatic rings. The Morgan fingerprint density at radius 1 is 1.33 bits per heavy atom. The zero-order chi connectivity index (χ0) is 15.4. The maximum absolute atomic E-state index is 10.9. The number of aliphatic carboxylic acids is 1. The van der Waals surface area contributed by atoms with Crippen molar-refractivity contribution in [3.63, 3.8) is 0 Å². The average molecular weight is 290 g/mol. The Balaban J connectivity index is 1.77. The molecular weight excluding hydrogens is 264 g/mol. The van der Waals surface area contributed by atoms with Crippen molar-refractivity contribution in [2.75, 3.05) is 13.6 Å². The molecule has 0 aromatic heterocycles. The molecule has 0 saturated heterocycles. The highest BCUT2D eigenvalue weighted by atomic mass is 16.4. The van der Waals surface area contributed by atoms with E-state index in [4.69, 9.17) is 5.11 Å². The number of carbonyl (C=O) groups is 1. The number of benzene rings is 1. The molecule has 4 nitrogen and oxygen atoms in total. The fraction of sp³-hybridized carbons (Fsp3) is 0.588. The predicted octanol–water partition coefficient (Wildman–Crippen LogP) is 2.45. The highest BCUT2D eigenvalue weighted by Crippen LogP contribution is 2.26. The molecule has 1 aliphatic rings. The highest BCUT2D eigenvalue weighted by molar-refractivity contribution is 5.75. The molecule has 1 fully saturated rings. The van der Waals surface area contributed by atoms with Gasteiger partial charge in [-0.05, 0) is 44.9 Å². The molecule has 2 rings (SSSR count). The van der Waals surface area contributed by atoms with Crippen LogP contribution in [-0.2, 0) is 11.3 Å². The van der Waals surface area contributed by atoms with Crippen LogP contribution in [0.4, 0.5) is 0 Å². The number of carboxylic acid groups (broad SMARTS) is 1. The standard InChI is InChI=1S/C17H26N2O2/c1-12(19(3)16-8-9-16)10-18-11-14-4-6-15(7-5-14)13(2)17(20)21/h4-7,12-13,16,18H,8-11H2,1-3H3,(H,20,21). The maximum Gasteiger partial charge on any atom is 0.310 e. The molecule has 1 aromatic carbocycles. The zero-order valence-electron chi connectivity index (χ0n) is 13.2. The Hall–Kier alpha value is -1.39. The summed E-state index contributed by atoms with van der Waals surface area (Å²) in [6, 6.07) is 9.18. The lowest BCUT2D eigenvalue weighted by Crippen LogP contribution is -2.38. The minimum Gasteiger partial charge on any atom is -0.481 e. The molecular formula is C17H26N2O2. The van der Waals surface area contributed by atoms with Gasteiger partial charge in [0.1, 0.15) is 0 Å². The van der Waals surface area contributed by atoms with E-state index in [-0.39, 0.29) is 0 Å². The lowest BCUT2D eigenvalue weighted by atomic mass is 10.00. The fourth-order valence-corrected chi connectivity index (χ4v) is 2.48. The number of likely N-dealkylation sites (N-methyl/N-ethyl adjacent to an activating group) is 1. The van der Waals surface area contributed by atoms with E-state index in [1.165, 1.54) is 18.4 Å². The third-order valence-electron chi connectivity index (χ3n) is 4.44. The topological polar surface area (TPSA) is 52.6 Å². The average Bonchev–Trinajstić information content (AvgIpc) is 3.30. The van der Waals surface area contributed by atoms with Gasteiger partial charge in [0, 0.05) is 25.2 Å². The van der Waals surface area contributed by atoms with Crippen molar-refractivity contribution in [2.24, 2.45) is 0 Å². The molecule has 1 saturated carbocycles. The van der Waals surface area contributed by atoms with Crippen LogP contribution in [0.3, 0.4) is 0 Å². The van der Waals surface area contributed by atoms with Crippen LogP contribution < -0.4 is 5.32 Å². The Labute approximate surface area is 127 Å². The lowest BCUT2D eigenvalue weighted by molar-refractivity contribution is -0.138. The molecule has 0 heterocycles. The summed E-state index contributed by atoms with van der Waals surface area (Å²) in [6.07, 6.45) is 2.67. The third-order valence-corrected chi connectivity index (χ3v) is 4.44. The normalized spacial score (nSPS) is 17.7. The molecule has 1 aliphatic carbocycles. The van der Waals surface area contributed by atoms with E-state index >= 15 is 0 Å². The summed E-state index contributed by atoms with van der Waals surface area (Å²) in [5.41, 5.74) is 2.05. The van der Waals surface area contributed by atoms with E-state index in [0.717, 1.165) is 24.7 Å². The third kappa shape index (κ3) is 4.55. The van der Waals surface area contributed by atoms with Gasteiger partial charge in [-0.2, -0.15) is 0 Å². The van der Waals surface area contributed by atoms with Gasteiger partial charge < -0.3 is 10.4 Å². The molecule has 0 spiro atoms. The van der Waals surface area contributed by atoms with Crippen molar-refractivity contribution in [3.8, 4) is 0 Å². The van der Waals surface area contributed by atoms with Crippen molar-refractivity contribution in [1.82, 2.24) is 10.2 Å². The first kappa shape index (κ1) is 16.0. The van der Waals surface area contributed by atoms with Crippen molar-refractivity contribution >= 4 is 5.97 Å². The summed E-state index contributed by atoms with van der Waals surface area (Å²) in [6.45, 7) is 5.76. The van der Waals surface area contributed by atoms with Gasteiger partial charge in [0.05, 0.1) is 5.92 Å². The second-order valence-corrected chi connectivity index (χ2v) is 6.18. The summed E-state index contributed by atoms with van der Waals surface area (Å²) < 4.78 is 0. The minimum absolute atomic E-state index is 0.445. The molecule has 0 aliphatic heterocycles. The Morgan fingerprint density at radius 3 is 2.48 bits per heavy atom. The van der Waals surface area contributed by atoms with Crippen LogP contribution in [0.2, 0.25) is 0 Å². The second-order valence-electron chi connectivity index (χ2n) is 6.18. The lowest BCUT2D eigenvalue weighted by Gasteiger charge is -2.24. The summed E-state index contributed by atoms with van der Waals surface area (Å²) in [7, 11) is 2.20. The number of rotatable bonds is 8. The minimum atomic E-state index is -0.780. The molecule has 0 amide bonds. The summed E-state index contributed by atoms with van der Waals surface area (Å²) in [5.74, 6) is -1.22. The van der Waals surface area contributed by atoms with Crippen LogP contribution in [0.15, 0.2) is 24.3 Å². The first-order valence-corrected chi connectivity index (χ1v) is 7.73. The van der Waals surface area contributed by atoms with Gasteiger partial charge in [0.15, 0.2) is 0 Å². The molecule has 116 valence electrons. The van der Waals surface area contributed by atoms with Gasteiger partial charge in [-0.25, -0.2) is 0 Å². The number of nitrogens with one attached hydrogen (secondary N) is 1. The molecule has 0 radical (unpaired) electrons. The van der Waals surface area contributed by atoms with E-state index in [2.05, 4.69) is 24.2 Å². The van der Waals surface area contributed by atoms with Crippen LogP contribution in [0, 0.1) is 0 Å². The van der Waals surface area contributed by atoms with E-state index in [9.17, 15) is 4.79 Å². The first-order chi connectivity index (χ1) is 9.99. The van der Waals surface area contributed by atoms with Gasteiger partial charge in [0.25, 0.3) is 0 Å². The van der Waals surface area contributed by atoms with Gasteiger partial charge >= 0.3 is 5.97 Å². The van der Waals surface area contributed by atoms with E-state index in [0.29, 0.717) is 6.04 Å². The zero-order valence-corrected chi connectivity index (χ0v) is 13.2. The van der Waals surface area contributed by atoms with Crippen LogP contribution in [-0.4, -0.2) is 41.7 Å². The van der Waals surface area contributed by atoms with Gasteiger partial charge in [-0.1, -0.05) is 24.3 Å². The fourth-order valence-electron chi connectivity index (χ4n) is 2.48. The molecule has 2 atom stereocenters. The van der Waals surface area contributed by atoms with Gasteiger partial charge in [-0.15, -0.1) is 0 Å². The van der Waals surface area contributed by atoms with Gasteiger partial charge in [0.2, 0.25) is 0 Å². The summed E-state index contributed by atoms with van der Waals surface area (Å²) in [4.78, 5) is 13.4. The van der Waals surface area contributed by atoms with Gasteiger partial charge in [-0.3, -0.25) is 9.69 Å². The van der Waals surface area contributed by atoms with Crippen molar-refractivity contribution in [2.45, 2.75) is 51.2 Å². The van der Waals surface area contributed by atoms with Crippen LogP contribution in [0.25, 0.3) is 0 Å². The molecule has 2 unspecified atom stereocenters. The largest absolute Gasteiger partial charge is 0.481 e. The second kappa shape index (κ2) is 7.05. The SMILES string of the molecule is CC(C(=O)O)c1ccc(CNCC(C)N(C)C2CC2)cc1. The first-order valence-electron chi connectivity index (χ1n) is 7.73. The number of hydrogen-bond acceptors (Lipinski definition) is 3.